The molecule has 344 valence electrons. The summed E-state index contributed by atoms with van der Waals surface area (Å²) in [5.74, 6) is -0.527. The van der Waals surface area contributed by atoms with E-state index in [0.717, 1.165) is 15.9 Å². The summed E-state index contributed by atoms with van der Waals surface area (Å²) < 4.78 is 38.9. The molecule has 0 spiro atoms. The minimum Gasteiger partial charge on any atom is -0.497 e. The van der Waals surface area contributed by atoms with Gasteiger partial charge in [0.15, 0.2) is 5.69 Å². The van der Waals surface area contributed by atoms with Gasteiger partial charge in [-0.3, -0.25) is 19.2 Å². The van der Waals surface area contributed by atoms with Crippen LogP contribution < -0.4 is 36.0 Å². The molecule has 13 nitrogen and oxygen atoms in total. The minimum absolute atomic E-state index is 0.00593. The summed E-state index contributed by atoms with van der Waals surface area (Å²) >= 11 is 0. The number of hydrogen-bond donors (Lipinski definition) is 2. The fraction of sp³-hybridized carbons (Fsp3) is 0.314. The van der Waals surface area contributed by atoms with E-state index in [-0.39, 0.29) is 36.7 Å². The topological polar surface area (TPSA) is 154 Å². The largest absolute Gasteiger partial charge is 0.497 e. The van der Waals surface area contributed by atoms with Gasteiger partial charge in [0.1, 0.15) is 34.8 Å². The molecule has 0 aliphatic carbocycles. The molecular weight excluding hydrogens is 858 g/mol. The highest BCUT2D eigenvalue weighted by atomic mass is 28.4. The molecule has 0 radical (unpaired) electrons. The SMILES string of the molecule is COc1ccc(CN2CC[C@@H](C[C@@H](CO[Si](c3ccccc3)(c3ccccc3)C(C)(C)C)NC(=O)[C@H](Cc3ccc(F)cc3)n3cccc(NC(=O)c4cc(C)on4)c3=O)C2=O)c(OC)c1. The number of halogens is 1. The maximum Gasteiger partial charge on any atom is 0.278 e. The molecule has 0 bridgehead atoms. The highest BCUT2D eigenvalue weighted by Crippen LogP contribution is 2.37. The average molecular weight is 914 g/mol. The first-order valence-electron chi connectivity index (χ1n) is 22.0. The van der Waals surface area contributed by atoms with Gasteiger partial charge in [-0.2, -0.15) is 0 Å². The van der Waals surface area contributed by atoms with Crippen molar-refractivity contribution in [3.05, 3.63) is 166 Å². The molecule has 66 heavy (non-hydrogen) atoms. The maximum atomic E-state index is 15.1. The number of amides is 3. The second-order valence-corrected chi connectivity index (χ2v) is 21.9. The van der Waals surface area contributed by atoms with Crippen molar-refractivity contribution in [1.82, 2.24) is 19.9 Å². The molecule has 3 atom stereocenters. The summed E-state index contributed by atoms with van der Waals surface area (Å²) in [6.07, 6.45) is 2.25. The third kappa shape index (κ3) is 10.5. The lowest BCUT2D eigenvalue weighted by atomic mass is 9.98. The van der Waals surface area contributed by atoms with Crippen molar-refractivity contribution in [2.24, 2.45) is 5.92 Å². The van der Waals surface area contributed by atoms with E-state index in [4.69, 9.17) is 18.4 Å². The van der Waals surface area contributed by atoms with E-state index in [1.54, 1.807) is 50.3 Å². The van der Waals surface area contributed by atoms with E-state index in [0.29, 0.717) is 42.3 Å². The van der Waals surface area contributed by atoms with Crippen LogP contribution in [0.15, 0.2) is 137 Å². The monoisotopic (exact) mass is 913 g/mol. The van der Waals surface area contributed by atoms with Crippen molar-refractivity contribution in [3.63, 3.8) is 0 Å². The number of pyridine rings is 1. The Balaban J connectivity index is 1.24. The van der Waals surface area contributed by atoms with E-state index >= 15 is 4.79 Å². The first-order chi connectivity index (χ1) is 31.7. The van der Waals surface area contributed by atoms with Crippen molar-refractivity contribution in [1.29, 1.82) is 0 Å². The number of carbonyl (C=O) groups is 3. The van der Waals surface area contributed by atoms with Crippen LogP contribution in [0, 0.1) is 18.7 Å². The molecule has 3 amide bonds. The lowest BCUT2D eigenvalue weighted by Crippen LogP contribution is -2.67. The fourth-order valence-corrected chi connectivity index (χ4v) is 13.4. The number of ether oxygens (including phenoxy) is 2. The number of benzene rings is 4. The van der Waals surface area contributed by atoms with Gasteiger partial charge in [-0.05, 0) is 77.1 Å². The number of methoxy groups -OCH3 is 2. The molecule has 1 saturated heterocycles. The van der Waals surface area contributed by atoms with Crippen LogP contribution in [0.5, 0.6) is 11.5 Å². The number of carbonyl (C=O) groups excluding carboxylic acids is 3. The van der Waals surface area contributed by atoms with E-state index in [1.165, 1.54) is 35.0 Å². The fourth-order valence-electron chi connectivity index (χ4n) is 8.84. The molecule has 0 unspecified atom stereocenters. The Labute approximate surface area is 385 Å². The van der Waals surface area contributed by atoms with Crippen LogP contribution in [0.1, 0.15) is 67.0 Å². The number of anilines is 1. The number of hydrogen-bond acceptors (Lipinski definition) is 9. The molecule has 0 saturated carbocycles. The lowest BCUT2D eigenvalue weighted by molar-refractivity contribution is -0.132. The number of rotatable bonds is 18. The van der Waals surface area contributed by atoms with Crippen LogP contribution in [0.25, 0.3) is 0 Å². The van der Waals surface area contributed by atoms with Crippen LogP contribution >= 0.6 is 0 Å². The molecule has 2 aromatic heterocycles. The smallest absolute Gasteiger partial charge is 0.278 e. The van der Waals surface area contributed by atoms with Gasteiger partial charge in [-0.1, -0.05) is 98.7 Å². The number of likely N-dealkylation sites (tertiary alicyclic amines) is 1. The summed E-state index contributed by atoms with van der Waals surface area (Å²) in [6, 6.07) is 34.1. The van der Waals surface area contributed by atoms with Crippen LogP contribution in [-0.2, 0) is 27.0 Å². The van der Waals surface area contributed by atoms with Gasteiger partial charge in [-0.15, -0.1) is 0 Å². The van der Waals surface area contributed by atoms with E-state index < -0.39 is 54.5 Å². The van der Waals surface area contributed by atoms with Crippen LogP contribution in [0.3, 0.4) is 0 Å². The van der Waals surface area contributed by atoms with Crippen molar-refractivity contribution < 1.29 is 37.2 Å². The highest BCUT2D eigenvalue weighted by molar-refractivity contribution is 6.99. The first-order valence-corrected chi connectivity index (χ1v) is 23.9. The molecule has 3 heterocycles. The third-order valence-electron chi connectivity index (χ3n) is 12.2. The zero-order chi connectivity index (χ0) is 47.0. The molecule has 2 N–H and O–H groups in total. The summed E-state index contributed by atoms with van der Waals surface area (Å²) in [5, 5.41) is 11.3. The predicted octanol–water partition coefficient (Wildman–Crippen LogP) is 6.84. The summed E-state index contributed by atoms with van der Waals surface area (Å²) in [6.45, 7) is 9.00. The minimum atomic E-state index is -3.15. The average Bonchev–Trinajstić information content (AvgIpc) is 3.91. The summed E-state index contributed by atoms with van der Waals surface area (Å²) in [4.78, 5) is 58.6. The molecule has 1 aliphatic rings. The number of aryl methyl sites for hydroxylation is 1. The van der Waals surface area contributed by atoms with Gasteiger partial charge >= 0.3 is 0 Å². The molecule has 1 fully saturated rings. The Bertz CT molecular complexity index is 2650. The summed E-state index contributed by atoms with van der Waals surface area (Å²) in [5.41, 5.74) is 0.665. The van der Waals surface area contributed by atoms with Gasteiger partial charge in [0, 0.05) is 49.3 Å². The Morgan fingerprint density at radius 2 is 1.58 bits per heavy atom. The van der Waals surface area contributed by atoms with Gasteiger partial charge in [0.2, 0.25) is 11.8 Å². The zero-order valence-corrected chi connectivity index (χ0v) is 39.1. The number of nitrogens with zero attached hydrogens (tertiary/aromatic N) is 3. The van der Waals surface area contributed by atoms with Crippen LogP contribution in [-0.4, -0.2) is 74.1 Å². The molecular formula is C51H56FN5O8Si. The summed E-state index contributed by atoms with van der Waals surface area (Å²) in [7, 11) is 0.0118. The van der Waals surface area contributed by atoms with Gasteiger partial charge in [0.05, 0.1) is 26.9 Å². The Morgan fingerprint density at radius 1 is 0.894 bits per heavy atom. The Kier molecular flexibility index (Phi) is 14.7. The van der Waals surface area contributed by atoms with Crippen molar-refractivity contribution >= 4 is 42.1 Å². The Hall–Kier alpha value is -6.84. The standard InChI is InChI=1S/C51H56FN5O8Si/c1-34-28-44(55-65-34)47(58)54-43-18-13-26-57(50(43)61)45(29-35-19-22-38(52)23-20-35)48(59)53-39(30-36-25-27-56(49(36)60)32-37-21-24-40(62-5)31-46(37)63-6)33-64-66(51(2,3)4,41-14-9-7-10-15-41)42-16-11-8-12-17-42/h7-24,26,28,31,36,39,45H,25,27,29-30,32-33H2,1-6H3,(H,53,59)(H,54,58)/t36-,39-,45-/m0/s1. The van der Waals surface area contributed by atoms with Crippen molar-refractivity contribution in [2.45, 2.75) is 70.6 Å². The number of nitrogens with one attached hydrogen (secondary N) is 2. The second-order valence-electron chi connectivity index (χ2n) is 17.6. The highest BCUT2D eigenvalue weighted by Gasteiger charge is 2.50. The van der Waals surface area contributed by atoms with E-state index in [2.05, 4.69) is 60.8 Å². The molecule has 4 aromatic carbocycles. The van der Waals surface area contributed by atoms with E-state index in [9.17, 15) is 18.8 Å². The number of aromatic nitrogens is 2. The normalized spacial score (nSPS) is 15.0. The predicted molar refractivity (Wildman–Crippen MR) is 252 cm³/mol. The van der Waals surface area contributed by atoms with E-state index in [1.807, 2.05) is 48.5 Å². The lowest BCUT2D eigenvalue weighted by Gasteiger charge is -2.44. The molecule has 7 rings (SSSR count). The quantitative estimate of drug-likeness (QED) is 0.0884. The maximum absolute atomic E-state index is 15.1. The van der Waals surface area contributed by atoms with Crippen molar-refractivity contribution in [2.75, 3.05) is 32.7 Å². The second kappa shape index (κ2) is 20.5. The zero-order valence-electron chi connectivity index (χ0n) is 38.1. The van der Waals surface area contributed by atoms with Crippen LogP contribution in [0.4, 0.5) is 10.1 Å². The van der Waals surface area contributed by atoms with Gasteiger partial charge in [-0.25, -0.2) is 4.39 Å². The van der Waals surface area contributed by atoms with Gasteiger partial charge in [0.25, 0.3) is 19.8 Å². The first kappa shape index (κ1) is 47.1. The molecule has 1 aliphatic heterocycles. The van der Waals surface area contributed by atoms with Crippen LogP contribution in [0.2, 0.25) is 5.04 Å². The Morgan fingerprint density at radius 3 is 2.18 bits per heavy atom. The van der Waals surface area contributed by atoms with Gasteiger partial charge < -0.3 is 38.5 Å². The molecule has 6 aromatic rings. The molecule has 15 heteroatoms. The third-order valence-corrected chi connectivity index (χ3v) is 17.2. The van der Waals surface area contributed by atoms with Crippen molar-refractivity contribution in [3.8, 4) is 11.5 Å².